The molecule has 118 valence electrons. The Hall–Kier alpha value is -2.10. The molecule has 0 aliphatic heterocycles. The molecule has 1 aromatic carbocycles. The lowest BCUT2D eigenvalue weighted by Gasteiger charge is -2.17. The second kappa shape index (κ2) is 8.25. The molecule has 0 heterocycles. The Balaban J connectivity index is 3.27. The molecule has 0 radical (unpaired) electrons. The molecule has 0 aliphatic rings. The van der Waals surface area contributed by atoms with Gasteiger partial charge in [-0.1, -0.05) is 0 Å². The number of anilines is 3. The van der Waals surface area contributed by atoms with E-state index in [0.29, 0.717) is 5.69 Å². The van der Waals surface area contributed by atoms with E-state index in [-0.39, 0.29) is 43.4 Å². The van der Waals surface area contributed by atoms with Gasteiger partial charge in [0.15, 0.2) is 0 Å². The lowest BCUT2D eigenvalue weighted by Crippen LogP contribution is -2.18. The summed E-state index contributed by atoms with van der Waals surface area (Å²) in [6, 6.07) is 3.06. The molecular weight excluding hydrogens is 280 g/mol. The normalized spacial score (nSPS) is 11.8. The molecule has 0 amide bonds. The van der Waals surface area contributed by atoms with Crippen molar-refractivity contribution in [3.63, 3.8) is 0 Å². The average Bonchev–Trinajstić information content (AvgIpc) is 2.43. The van der Waals surface area contributed by atoms with Crippen LogP contribution in [-0.2, 0) is 0 Å². The molecule has 0 aliphatic carbocycles. The molecule has 9 heteroatoms. The van der Waals surface area contributed by atoms with E-state index in [1.807, 2.05) is 0 Å². The number of nitro groups is 1. The van der Waals surface area contributed by atoms with E-state index in [4.69, 9.17) is 10.2 Å². The minimum absolute atomic E-state index is 0.124. The minimum atomic E-state index is -0.893. The van der Waals surface area contributed by atoms with Crippen LogP contribution in [0.4, 0.5) is 22.7 Å². The fourth-order valence-corrected chi connectivity index (χ4v) is 1.82. The molecule has 1 aromatic rings. The highest BCUT2D eigenvalue weighted by atomic mass is 16.6. The maximum Gasteiger partial charge on any atom is 0.317 e. The molecule has 0 bridgehead atoms. The number of hydrogen-bond acceptors (Lipinski definition) is 8. The van der Waals surface area contributed by atoms with Gasteiger partial charge >= 0.3 is 5.69 Å². The third kappa shape index (κ3) is 4.74. The molecule has 0 spiro atoms. The number of rotatable bonds is 9. The summed E-state index contributed by atoms with van der Waals surface area (Å²) in [5.74, 6) is 0. The van der Waals surface area contributed by atoms with Crippen molar-refractivity contribution in [2.45, 2.75) is 13.2 Å². The first-order chi connectivity index (χ1) is 10.0. The maximum atomic E-state index is 11.3. The van der Waals surface area contributed by atoms with Crippen LogP contribution in [0, 0.1) is 10.1 Å². The van der Waals surface area contributed by atoms with Crippen molar-refractivity contribution in [3.8, 4) is 0 Å². The Labute approximate surface area is 121 Å². The van der Waals surface area contributed by atoms with Gasteiger partial charge in [0.1, 0.15) is 17.6 Å². The lowest BCUT2D eigenvalue weighted by atomic mass is 10.1. The Morgan fingerprint density at radius 2 is 1.76 bits per heavy atom. The first-order valence-electron chi connectivity index (χ1n) is 6.46. The van der Waals surface area contributed by atoms with E-state index in [1.165, 1.54) is 13.0 Å². The third-order valence-electron chi connectivity index (χ3n) is 2.57. The van der Waals surface area contributed by atoms with Crippen molar-refractivity contribution in [2.24, 2.45) is 0 Å². The van der Waals surface area contributed by atoms with E-state index in [0.717, 1.165) is 0 Å². The van der Waals surface area contributed by atoms with Crippen LogP contribution >= 0.6 is 0 Å². The summed E-state index contributed by atoms with van der Waals surface area (Å²) in [7, 11) is 0. The molecule has 1 unspecified atom stereocenters. The number of aliphatic hydroxyl groups is 3. The van der Waals surface area contributed by atoms with Crippen LogP contribution in [0.15, 0.2) is 12.1 Å². The van der Waals surface area contributed by atoms with Gasteiger partial charge < -0.3 is 31.3 Å². The molecule has 21 heavy (non-hydrogen) atoms. The minimum Gasteiger partial charge on any atom is -0.395 e. The predicted octanol–water partition coefficient (Wildman–Crippen LogP) is 0.153. The van der Waals surface area contributed by atoms with Gasteiger partial charge in [0.25, 0.3) is 0 Å². The number of nitro benzene ring substituents is 1. The molecular formula is C12H20N4O5. The first kappa shape index (κ1) is 17.0. The summed E-state index contributed by atoms with van der Waals surface area (Å²) in [4.78, 5) is 10.8. The third-order valence-corrected chi connectivity index (χ3v) is 2.57. The zero-order valence-electron chi connectivity index (χ0n) is 11.7. The van der Waals surface area contributed by atoms with Crippen molar-refractivity contribution in [3.05, 3.63) is 22.2 Å². The smallest absolute Gasteiger partial charge is 0.317 e. The van der Waals surface area contributed by atoms with Crippen LogP contribution in [0.3, 0.4) is 0 Å². The quantitative estimate of drug-likeness (QED) is 0.215. The number of hydrogen-bond donors (Lipinski definition) is 6. The van der Waals surface area contributed by atoms with Crippen LogP contribution in [0.5, 0.6) is 0 Å². The predicted molar refractivity (Wildman–Crippen MR) is 79.6 cm³/mol. The van der Waals surface area contributed by atoms with Gasteiger partial charge in [-0.2, -0.15) is 0 Å². The summed E-state index contributed by atoms with van der Waals surface area (Å²) >= 11 is 0. The lowest BCUT2D eigenvalue weighted by molar-refractivity contribution is -0.383. The molecule has 1 rings (SSSR count). The molecule has 0 saturated carbocycles. The number of nitrogens with one attached hydrogen (secondary N) is 3. The van der Waals surface area contributed by atoms with Gasteiger partial charge in [-0.25, -0.2) is 0 Å². The Bertz CT molecular complexity index is 481. The van der Waals surface area contributed by atoms with Crippen LogP contribution < -0.4 is 16.0 Å². The SMILES string of the molecule is CC(O)Nc1ccc(NCCO)c([N+](=O)[O-])c1NCCO. The van der Waals surface area contributed by atoms with Crippen LogP contribution in [0.1, 0.15) is 6.92 Å². The summed E-state index contributed by atoms with van der Waals surface area (Å²) in [5.41, 5.74) is 0.533. The summed E-state index contributed by atoms with van der Waals surface area (Å²) in [6.45, 7) is 1.42. The van der Waals surface area contributed by atoms with E-state index >= 15 is 0 Å². The second-order valence-corrected chi connectivity index (χ2v) is 4.26. The van der Waals surface area contributed by atoms with Crippen molar-refractivity contribution in [1.29, 1.82) is 0 Å². The van der Waals surface area contributed by atoms with Gasteiger partial charge in [-0.05, 0) is 19.1 Å². The van der Waals surface area contributed by atoms with Crippen LogP contribution in [-0.4, -0.2) is 52.8 Å². The highest BCUT2D eigenvalue weighted by molar-refractivity contribution is 5.87. The average molecular weight is 300 g/mol. The molecule has 0 saturated heterocycles. The zero-order chi connectivity index (χ0) is 15.8. The second-order valence-electron chi connectivity index (χ2n) is 4.26. The van der Waals surface area contributed by atoms with Gasteiger partial charge in [-0.3, -0.25) is 10.1 Å². The number of benzene rings is 1. The molecule has 1 atom stereocenters. The summed E-state index contributed by atoms with van der Waals surface area (Å²) in [5, 5.41) is 46.6. The standard InChI is InChI=1S/C12H20N4O5/c1-8(19)15-9-2-3-10(13-4-6-17)12(16(20)21)11(9)14-5-7-18/h2-3,8,13-15,17-19H,4-7H2,1H3. The Kier molecular flexibility index (Phi) is 6.66. The fraction of sp³-hybridized carbons (Fsp3) is 0.500. The molecule has 0 fully saturated rings. The number of nitrogens with zero attached hydrogens (tertiary/aromatic N) is 1. The van der Waals surface area contributed by atoms with E-state index < -0.39 is 11.2 Å². The highest BCUT2D eigenvalue weighted by Gasteiger charge is 2.23. The monoisotopic (exact) mass is 300 g/mol. The highest BCUT2D eigenvalue weighted by Crippen LogP contribution is 2.39. The van der Waals surface area contributed by atoms with Crippen molar-refractivity contribution in [1.82, 2.24) is 0 Å². The van der Waals surface area contributed by atoms with Gasteiger partial charge in [0.05, 0.1) is 23.8 Å². The van der Waals surface area contributed by atoms with Gasteiger partial charge in [-0.15, -0.1) is 0 Å². The summed E-state index contributed by atoms with van der Waals surface area (Å²) < 4.78 is 0. The van der Waals surface area contributed by atoms with Crippen LogP contribution in [0.25, 0.3) is 0 Å². The van der Waals surface area contributed by atoms with Crippen molar-refractivity contribution >= 4 is 22.7 Å². The number of aliphatic hydroxyl groups excluding tert-OH is 3. The molecule has 9 nitrogen and oxygen atoms in total. The maximum absolute atomic E-state index is 11.3. The first-order valence-corrected chi connectivity index (χ1v) is 6.46. The Morgan fingerprint density at radius 3 is 2.29 bits per heavy atom. The molecule has 0 aromatic heterocycles. The topological polar surface area (TPSA) is 140 Å². The van der Waals surface area contributed by atoms with Crippen molar-refractivity contribution in [2.75, 3.05) is 42.3 Å². The van der Waals surface area contributed by atoms with Crippen molar-refractivity contribution < 1.29 is 20.2 Å². The zero-order valence-corrected chi connectivity index (χ0v) is 11.7. The fourth-order valence-electron chi connectivity index (χ4n) is 1.82. The van der Waals surface area contributed by atoms with Gasteiger partial charge in [0, 0.05) is 13.1 Å². The largest absolute Gasteiger partial charge is 0.395 e. The van der Waals surface area contributed by atoms with Gasteiger partial charge in [0.2, 0.25) is 0 Å². The Morgan fingerprint density at radius 1 is 1.19 bits per heavy atom. The molecule has 6 N–H and O–H groups in total. The van der Waals surface area contributed by atoms with E-state index in [9.17, 15) is 15.2 Å². The van der Waals surface area contributed by atoms with Crippen LogP contribution in [0.2, 0.25) is 0 Å². The summed E-state index contributed by atoms with van der Waals surface area (Å²) in [6.07, 6.45) is -0.893. The van der Waals surface area contributed by atoms with E-state index in [1.54, 1.807) is 6.07 Å². The van der Waals surface area contributed by atoms with E-state index in [2.05, 4.69) is 16.0 Å².